The van der Waals surface area contributed by atoms with Crippen molar-refractivity contribution in [3.8, 4) is 12.3 Å². The number of terminal acetylenes is 1. The summed E-state index contributed by atoms with van der Waals surface area (Å²) in [6.07, 6.45) is -0.0354. The van der Waals surface area contributed by atoms with Crippen molar-refractivity contribution in [2.75, 3.05) is 19.9 Å². The summed E-state index contributed by atoms with van der Waals surface area (Å²) in [7, 11) is 1.61. The Hall–Kier alpha value is 0.180. The summed E-state index contributed by atoms with van der Waals surface area (Å²) in [5.41, 5.74) is 0. The molecule has 0 radical (unpaired) electrons. The molecule has 0 bridgehead atoms. The molecule has 0 saturated carbocycles. The van der Waals surface area contributed by atoms with Gasteiger partial charge in [-0.1, -0.05) is 14.8 Å². The molecule has 6 nitrogen and oxygen atoms in total. The largest absolute Gasteiger partial charge is 0.394 e. The van der Waals surface area contributed by atoms with Gasteiger partial charge in [0.15, 0.2) is 6.29 Å². The van der Waals surface area contributed by atoms with Crippen LogP contribution in [0.15, 0.2) is 0 Å². The number of aliphatic hydroxyl groups is 3. The van der Waals surface area contributed by atoms with Crippen LogP contribution in [-0.2, 0) is 14.0 Å². The normalized spacial score (nSPS) is 38.1. The molecular formula is C10H18O6P2. The lowest BCUT2D eigenvalue weighted by atomic mass is 9.99. The summed E-state index contributed by atoms with van der Waals surface area (Å²) >= 11 is 0. The summed E-state index contributed by atoms with van der Waals surface area (Å²) in [6.45, 7) is 1.36. The fraction of sp³-hybridized carbons (Fsp3) is 0.800. The van der Waals surface area contributed by atoms with Crippen LogP contribution in [0.25, 0.3) is 0 Å². The van der Waals surface area contributed by atoms with Crippen LogP contribution in [0.5, 0.6) is 0 Å². The highest BCUT2D eigenvalue weighted by atomic mass is 32.0. The molecule has 1 fully saturated rings. The first-order valence-electron chi connectivity index (χ1n) is 5.34. The van der Waals surface area contributed by atoms with Crippen LogP contribution in [0.1, 0.15) is 0 Å². The summed E-state index contributed by atoms with van der Waals surface area (Å²) < 4.78 is 15.9. The maximum Gasteiger partial charge on any atom is 0.190 e. The standard InChI is InChI=1S/C10H18O6P2/c1-3-4-14-9-7(12)6(5-11)15-10(8(9)13)16-18(2)17/h1,6-13H,4-5,17H2,2H3/t6?,7-,8?,9-,10-,18?/m0/s1. The van der Waals surface area contributed by atoms with E-state index in [2.05, 4.69) is 14.8 Å². The highest BCUT2D eigenvalue weighted by Crippen LogP contribution is 2.44. The number of ether oxygens (including phenoxy) is 2. The molecule has 18 heavy (non-hydrogen) atoms. The predicted octanol–water partition coefficient (Wildman–Crippen LogP) is -0.723. The third-order valence-corrected chi connectivity index (χ3v) is 3.36. The van der Waals surface area contributed by atoms with E-state index in [-0.39, 0.29) is 6.61 Å². The molecule has 7 atom stereocenters. The van der Waals surface area contributed by atoms with Crippen molar-refractivity contribution in [3.05, 3.63) is 0 Å². The lowest BCUT2D eigenvalue weighted by Crippen LogP contribution is -2.59. The van der Waals surface area contributed by atoms with E-state index < -0.39 is 45.1 Å². The minimum Gasteiger partial charge on any atom is -0.394 e. The number of hydrogen-bond donors (Lipinski definition) is 3. The second kappa shape index (κ2) is 7.69. The van der Waals surface area contributed by atoms with Gasteiger partial charge in [0.1, 0.15) is 31.0 Å². The first-order chi connectivity index (χ1) is 8.51. The van der Waals surface area contributed by atoms with E-state index in [0.29, 0.717) is 0 Å². The summed E-state index contributed by atoms with van der Waals surface area (Å²) in [5, 5.41) is 29.0. The smallest absolute Gasteiger partial charge is 0.190 e. The molecule has 1 rings (SSSR count). The summed E-state index contributed by atoms with van der Waals surface area (Å²) in [5.74, 6) is 2.26. The van der Waals surface area contributed by atoms with Crippen molar-refractivity contribution in [1.82, 2.24) is 0 Å². The second-order valence-electron chi connectivity index (χ2n) is 3.84. The van der Waals surface area contributed by atoms with Gasteiger partial charge < -0.3 is 29.3 Å². The van der Waals surface area contributed by atoms with E-state index in [1.807, 2.05) is 6.66 Å². The molecule has 0 aromatic heterocycles. The highest BCUT2D eigenvalue weighted by molar-refractivity contribution is 8.10. The van der Waals surface area contributed by atoms with Crippen molar-refractivity contribution in [3.63, 3.8) is 0 Å². The van der Waals surface area contributed by atoms with Crippen LogP contribution in [0.3, 0.4) is 0 Å². The maximum atomic E-state index is 10.0. The molecule has 1 saturated heterocycles. The molecule has 0 spiro atoms. The third-order valence-electron chi connectivity index (χ3n) is 2.45. The van der Waals surface area contributed by atoms with E-state index in [4.69, 9.17) is 25.5 Å². The lowest BCUT2D eigenvalue weighted by molar-refractivity contribution is -0.282. The maximum absolute atomic E-state index is 10.0. The van der Waals surface area contributed by atoms with Crippen LogP contribution in [0.4, 0.5) is 0 Å². The van der Waals surface area contributed by atoms with Crippen LogP contribution < -0.4 is 0 Å². The molecule has 3 N–H and O–H groups in total. The van der Waals surface area contributed by atoms with Gasteiger partial charge in [-0.15, -0.1) is 6.42 Å². The predicted molar refractivity (Wildman–Crippen MR) is 70.0 cm³/mol. The van der Waals surface area contributed by atoms with Gasteiger partial charge >= 0.3 is 0 Å². The Morgan fingerprint density at radius 2 is 2.11 bits per heavy atom. The topological polar surface area (TPSA) is 88.4 Å². The molecule has 8 heteroatoms. The van der Waals surface area contributed by atoms with Gasteiger partial charge in [-0.25, -0.2) is 0 Å². The van der Waals surface area contributed by atoms with E-state index >= 15 is 0 Å². The van der Waals surface area contributed by atoms with E-state index in [1.54, 1.807) is 0 Å². The van der Waals surface area contributed by atoms with Gasteiger partial charge in [0.25, 0.3) is 0 Å². The number of hydrogen-bond acceptors (Lipinski definition) is 6. The first-order valence-corrected chi connectivity index (χ1v) is 8.66. The Bertz CT molecular complexity index is 295. The monoisotopic (exact) mass is 296 g/mol. The SMILES string of the molecule is C#CCO[C@@H]1C(O)[C@H](OP(C)P)OC(CO)[C@@H]1O. The van der Waals surface area contributed by atoms with Gasteiger partial charge in [0.05, 0.1) is 6.61 Å². The second-order valence-corrected chi connectivity index (χ2v) is 7.32. The molecule has 1 aliphatic heterocycles. The van der Waals surface area contributed by atoms with Gasteiger partial charge in [-0.3, -0.25) is 0 Å². The van der Waals surface area contributed by atoms with Crippen LogP contribution >= 0.6 is 16.8 Å². The number of rotatable bonds is 5. The minimum atomic E-state index is -1.17. The zero-order chi connectivity index (χ0) is 13.7. The molecule has 1 heterocycles. The molecule has 104 valence electrons. The van der Waals surface area contributed by atoms with Crippen LogP contribution in [-0.4, -0.2) is 65.9 Å². The third kappa shape index (κ3) is 4.09. The molecular weight excluding hydrogens is 278 g/mol. The Labute approximate surface area is 110 Å². The number of aliphatic hydroxyl groups excluding tert-OH is 3. The van der Waals surface area contributed by atoms with E-state index in [1.165, 1.54) is 0 Å². The Kier molecular flexibility index (Phi) is 6.94. The Morgan fingerprint density at radius 3 is 2.61 bits per heavy atom. The molecule has 0 aromatic rings. The fourth-order valence-corrected chi connectivity index (χ4v) is 2.51. The Morgan fingerprint density at radius 1 is 1.44 bits per heavy atom. The Balaban J connectivity index is 2.75. The van der Waals surface area contributed by atoms with Gasteiger partial charge in [-0.2, -0.15) is 0 Å². The summed E-state index contributed by atoms with van der Waals surface area (Å²) in [6, 6.07) is 0. The molecule has 0 amide bonds. The summed E-state index contributed by atoms with van der Waals surface area (Å²) in [4.78, 5) is 0. The van der Waals surface area contributed by atoms with Crippen molar-refractivity contribution < 1.29 is 29.3 Å². The van der Waals surface area contributed by atoms with Gasteiger partial charge in [0, 0.05) is 7.84 Å². The average molecular weight is 296 g/mol. The van der Waals surface area contributed by atoms with Crippen molar-refractivity contribution in [2.45, 2.75) is 30.7 Å². The molecule has 0 aromatic carbocycles. The minimum absolute atomic E-state index is 0.0502. The first kappa shape index (κ1) is 16.2. The fourth-order valence-electron chi connectivity index (χ4n) is 1.65. The zero-order valence-electron chi connectivity index (χ0n) is 9.97. The lowest BCUT2D eigenvalue weighted by Gasteiger charge is -2.41. The average Bonchev–Trinajstić information content (AvgIpc) is 2.32. The van der Waals surface area contributed by atoms with Crippen molar-refractivity contribution in [2.24, 2.45) is 0 Å². The van der Waals surface area contributed by atoms with Crippen LogP contribution in [0.2, 0.25) is 0 Å². The van der Waals surface area contributed by atoms with E-state index in [9.17, 15) is 10.2 Å². The van der Waals surface area contributed by atoms with Crippen molar-refractivity contribution >= 4 is 16.8 Å². The quantitative estimate of drug-likeness (QED) is 0.458. The molecule has 0 aliphatic carbocycles. The van der Waals surface area contributed by atoms with E-state index in [0.717, 1.165) is 0 Å². The van der Waals surface area contributed by atoms with Gasteiger partial charge in [0.2, 0.25) is 0 Å². The molecule has 1 aliphatic rings. The molecule has 4 unspecified atom stereocenters. The van der Waals surface area contributed by atoms with Gasteiger partial charge in [-0.05, 0) is 6.66 Å². The van der Waals surface area contributed by atoms with Crippen LogP contribution in [0, 0.1) is 12.3 Å². The zero-order valence-corrected chi connectivity index (χ0v) is 12.0. The van der Waals surface area contributed by atoms with Crippen molar-refractivity contribution in [1.29, 1.82) is 0 Å². The highest BCUT2D eigenvalue weighted by Gasteiger charge is 2.45.